The Labute approximate surface area is 173 Å². The number of benzene rings is 2. The van der Waals surface area contributed by atoms with Crippen molar-refractivity contribution >= 4 is 17.7 Å². The Morgan fingerprint density at radius 2 is 1.76 bits per heavy atom. The number of aromatic nitrogens is 2. The van der Waals surface area contributed by atoms with Crippen molar-refractivity contribution in [2.24, 2.45) is 0 Å². The largest absolute Gasteiger partial charge is 0.493 e. The van der Waals surface area contributed by atoms with Crippen molar-refractivity contribution in [1.82, 2.24) is 9.55 Å². The maximum Gasteiger partial charge on any atom is 0.335 e. The Hall–Kier alpha value is -3.13. The molecule has 7 nitrogen and oxygen atoms in total. The van der Waals surface area contributed by atoms with Crippen molar-refractivity contribution in [2.75, 3.05) is 21.3 Å². The lowest BCUT2D eigenvalue weighted by atomic mass is 10.1. The quantitative estimate of drug-likeness (QED) is 0.527. The van der Waals surface area contributed by atoms with Gasteiger partial charge in [-0.25, -0.2) is 9.78 Å². The van der Waals surface area contributed by atoms with Crippen LogP contribution in [0.2, 0.25) is 0 Å². The number of ether oxygens (including phenoxy) is 3. The van der Waals surface area contributed by atoms with Crippen LogP contribution in [0.1, 0.15) is 21.2 Å². The van der Waals surface area contributed by atoms with Crippen LogP contribution in [-0.2, 0) is 6.54 Å². The van der Waals surface area contributed by atoms with Crippen LogP contribution < -0.4 is 14.2 Å². The Bertz CT molecular complexity index is 933. The predicted octanol–water partition coefficient (Wildman–Crippen LogP) is 4.14. The molecule has 1 atom stereocenters. The van der Waals surface area contributed by atoms with E-state index < -0.39 is 5.97 Å². The average molecular weight is 414 g/mol. The van der Waals surface area contributed by atoms with Gasteiger partial charge in [0.05, 0.1) is 38.5 Å². The Morgan fingerprint density at radius 3 is 2.24 bits per heavy atom. The third kappa shape index (κ3) is 4.83. The van der Waals surface area contributed by atoms with E-state index in [1.54, 1.807) is 57.7 Å². The molecule has 0 aliphatic rings. The Morgan fingerprint density at radius 1 is 1.10 bits per heavy atom. The predicted molar refractivity (Wildman–Crippen MR) is 110 cm³/mol. The summed E-state index contributed by atoms with van der Waals surface area (Å²) in [5, 5.41) is 9.11. The maximum atomic E-state index is 11.1. The molecular formula is C21H22N2O5S. The second-order valence-electron chi connectivity index (χ2n) is 6.15. The smallest absolute Gasteiger partial charge is 0.335 e. The van der Waals surface area contributed by atoms with Gasteiger partial charge in [-0.3, -0.25) is 0 Å². The van der Waals surface area contributed by atoms with Crippen LogP contribution in [0.3, 0.4) is 0 Å². The number of hydrogen-bond acceptors (Lipinski definition) is 6. The summed E-state index contributed by atoms with van der Waals surface area (Å²) in [6.07, 6.45) is 5.40. The van der Waals surface area contributed by atoms with Crippen LogP contribution in [0.4, 0.5) is 0 Å². The number of thioether (sulfide) groups is 1. The molecule has 0 saturated carbocycles. The van der Waals surface area contributed by atoms with E-state index in [4.69, 9.17) is 19.3 Å². The monoisotopic (exact) mass is 414 g/mol. The Balaban J connectivity index is 1.98. The SMILES string of the molecule is COc1cc(C(Cn2ccnc2)Sc2ccc(C(=O)O)cc2)cc(OC)c1OC. The molecule has 29 heavy (non-hydrogen) atoms. The van der Waals surface area contributed by atoms with E-state index in [0.29, 0.717) is 23.8 Å². The highest BCUT2D eigenvalue weighted by molar-refractivity contribution is 7.99. The molecule has 2 aromatic carbocycles. The van der Waals surface area contributed by atoms with Crippen LogP contribution in [0.5, 0.6) is 17.2 Å². The molecule has 0 aliphatic heterocycles. The minimum atomic E-state index is -0.943. The summed E-state index contributed by atoms with van der Waals surface area (Å²) in [6, 6.07) is 10.7. The number of carboxylic acid groups (broad SMARTS) is 1. The average Bonchev–Trinajstić information content (AvgIpc) is 3.25. The van der Waals surface area contributed by atoms with Crippen molar-refractivity contribution in [3.8, 4) is 17.2 Å². The number of carboxylic acids is 1. The van der Waals surface area contributed by atoms with E-state index >= 15 is 0 Å². The van der Waals surface area contributed by atoms with E-state index in [1.807, 2.05) is 35.0 Å². The molecule has 0 radical (unpaired) electrons. The van der Waals surface area contributed by atoms with Crippen molar-refractivity contribution in [2.45, 2.75) is 16.7 Å². The standard InChI is InChI=1S/C21H22N2O5S/c1-26-17-10-15(11-18(27-2)20(17)28-3)19(12-23-9-8-22-13-23)29-16-6-4-14(5-7-16)21(24)25/h4-11,13,19H,12H2,1-3H3,(H,24,25). The fourth-order valence-corrected chi connectivity index (χ4v) is 4.07. The molecule has 1 heterocycles. The van der Waals surface area contributed by atoms with Gasteiger partial charge in [-0.15, -0.1) is 11.8 Å². The molecule has 0 fully saturated rings. The minimum absolute atomic E-state index is 0.00594. The first-order chi connectivity index (χ1) is 14.0. The maximum absolute atomic E-state index is 11.1. The van der Waals surface area contributed by atoms with Crippen LogP contribution >= 0.6 is 11.8 Å². The normalized spacial score (nSPS) is 11.7. The van der Waals surface area contributed by atoms with Gasteiger partial charge in [0.15, 0.2) is 11.5 Å². The molecule has 8 heteroatoms. The molecule has 3 aromatic rings. The number of rotatable bonds is 9. The number of hydrogen-bond donors (Lipinski definition) is 1. The van der Waals surface area contributed by atoms with E-state index in [0.717, 1.165) is 10.5 Å². The zero-order valence-corrected chi connectivity index (χ0v) is 17.2. The molecule has 0 bridgehead atoms. The third-order valence-corrected chi connectivity index (χ3v) is 5.62. The zero-order valence-electron chi connectivity index (χ0n) is 16.4. The van der Waals surface area contributed by atoms with Crippen molar-refractivity contribution in [3.05, 3.63) is 66.2 Å². The van der Waals surface area contributed by atoms with Gasteiger partial charge in [0.2, 0.25) is 5.75 Å². The van der Waals surface area contributed by atoms with Crippen LogP contribution in [0.15, 0.2) is 60.0 Å². The minimum Gasteiger partial charge on any atom is -0.493 e. The topological polar surface area (TPSA) is 82.8 Å². The number of nitrogens with zero attached hydrogens (tertiary/aromatic N) is 2. The van der Waals surface area contributed by atoms with Gasteiger partial charge in [0.1, 0.15) is 0 Å². The van der Waals surface area contributed by atoms with E-state index in [-0.39, 0.29) is 10.8 Å². The molecule has 0 spiro atoms. The molecule has 152 valence electrons. The van der Waals surface area contributed by atoms with Crippen LogP contribution in [-0.4, -0.2) is 42.0 Å². The third-order valence-electron chi connectivity index (χ3n) is 4.37. The highest BCUT2D eigenvalue weighted by atomic mass is 32.2. The van der Waals surface area contributed by atoms with Gasteiger partial charge in [0, 0.05) is 23.8 Å². The lowest BCUT2D eigenvalue weighted by Crippen LogP contribution is -2.06. The van der Waals surface area contributed by atoms with Crippen molar-refractivity contribution < 1.29 is 24.1 Å². The molecule has 0 saturated heterocycles. The summed E-state index contributed by atoms with van der Waals surface area (Å²) in [4.78, 5) is 16.2. The summed E-state index contributed by atoms with van der Waals surface area (Å²) in [7, 11) is 4.75. The number of methoxy groups -OCH3 is 3. The first kappa shape index (κ1) is 20.6. The molecular weight excluding hydrogens is 392 g/mol. The van der Waals surface area contributed by atoms with Crippen molar-refractivity contribution in [3.63, 3.8) is 0 Å². The van der Waals surface area contributed by atoms with E-state index in [2.05, 4.69) is 4.98 Å². The van der Waals surface area contributed by atoms with E-state index in [9.17, 15) is 4.79 Å². The first-order valence-corrected chi connectivity index (χ1v) is 9.69. The van der Waals surface area contributed by atoms with Crippen LogP contribution in [0, 0.1) is 0 Å². The molecule has 1 unspecified atom stereocenters. The number of imidazole rings is 1. The fourth-order valence-electron chi connectivity index (χ4n) is 2.92. The molecule has 0 aliphatic carbocycles. The second-order valence-corrected chi connectivity index (χ2v) is 7.43. The molecule has 3 rings (SSSR count). The fraction of sp³-hybridized carbons (Fsp3) is 0.238. The summed E-state index contributed by atoms with van der Waals surface area (Å²) in [5.41, 5.74) is 1.24. The summed E-state index contributed by atoms with van der Waals surface area (Å²) in [6.45, 7) is 0.657. The van der Waals surface area contributed by atoms with Gasteiger partial charge < -0.3 is 23.9 Å². The van der Waals surface area contributed by atoms with E-state index in [1.165, 1.54) is 0 Å². The lowest BCUT2D eigenvalue weighted by molar-refractivity contribution is 0.0697. The highest BCUT2D eigenvalue weighted by Crippen LogP contribution is 2.44. The first-order valence-electron chi connectivity index (χ1n) is 8.81. The summed E-state index contributed by atoms with van der Waals surface area (Å²) < 4.78 is 18.4. The van der Waals surface area contributed by atoms with Gasteiger partial charge in [-0.05, 0) is 42.0 Å². The second kappa shape index (κ2) is 9.38. The van der Waals surface area contributed by atoms with Gasteiger partial charge in [-0.1, -0.05) is 0 Å². The summed E-state index contributed by atoms with van der Waals surface area (Å²) >= 11 is 1.62. The summed E-state index contributed by atoms with van der Waals surface area (Å²) in [5.74, 6) is 0.760. The van der Waals surface area contributed by atoms with Crippen LogP contribution in [0.25, 0.3) is 0 Å². The Kier molecular flexibility index (Phi) is 6.66. The zero-order chi connectivity index (χ0) is 20.8. The molecule has 0 amide bonds. The lowest BCUT2D eigenvalue weighted by Gasteiger charge is -2.21. The molecule has 1 N–H and O–H groups in total. The van der Waals surface area contributed by atoms with Crippen molar-refractivity contribution in [1.29, 1.82) is 0 Å². The van der Waals surface area contributed by atoms with Gasteiger partial charge >= 0.3 is 5.97 Å². The number of aromatic carboxylic acids is 1. The van der Waals surface area contributed by atoms with Gasteiger partial charge in [-0.2, -0.15) is 0 Å². The number of carbonyl (C=O) groups is 1. The van der Waals surface area contributed by atoms with Gasteiger partial charge in [0.25, 0.3) is 0 Å². The highest BCUT2D eigenvalue weighted by Gasteiger charge is 2.20. The molecule has 1 aromatic heterocycles.